The van der Waals surface area contributed by atoms with E-state index >= 15 is 0 Å². The van der Waals surface area contributed by atoms with Gasteiger partial charge in [-0.2, -0.15) is 4.31 Å². The highest BCUT2D eigenvalue weighted by Crippen LogP contribution is 2.44. The summed E-state index contributed by atoms with van der Waals surface area (Å²) < 4.78 is 26.9. The van der Waals surface area contributed by atoms with E-state index in [1.165, 1.54) is 22.5 Å². The summed E-state index contributed by atoms with van der Waals surface area (Å²) in [5.41, 5.74) is 1.22. The van der Waals surface area contributed by atoms with Gasteiger partial charge in [-0.25, -0.2) is 8.42 Å². The summed E-state index contributed by atoms with van der Waals surface area (Å²) in [6.45, 7) is 0.932. The summed E-state index contributed by atoms with van der Waals surface area (Å²) in [7, 11) is -3.69. The number of nitrogens with zero attached hydrogens (tertiary/aromatic N) is 2. The molecule has 2 aromatic carbocycles. The van der Waals surface area contributed by atoms with E-state index in [-0.39, 0.29) is 16.6 Å². The minimum absolute atomic E-state index is 0.0191. The van der Waals surface area contributed by atoms with Crippen LogP contribution in [0.4, 0.5) is 11.4 Å². The molecule has 2 aliphatic rings. The Bertz CT molecular complexity index is 968. The molecule has 8 heteroatoms. The van der Waals surface area contributed by atoms with Crippen LogP contribution in [0, 0.1) is 16.0 Å². The van der Waals surface area contributed by atoms with Crippen molar-refractivity contribution in [3.63, 3.8) is 0 Å². The molecule has 1 aliphatic heterocycles. The Morgan fingerprint density at radius 2 is 1.75 bits per heavy atom. The highest BCUT2D eigenvalue weighted by Gasteiger charge is 2.34. The van der Waals surface area contributed by atoms with E-state index < -0.39 is 14.9 Å². The average molecular weight is 401 g/mol. The molecule has 1 aliphatic carbocycles. The average Bonchev–Trinajstić information content (AvgIpc) is 3.38. The summed E-state index contributed by atoms with van der Waals surface area (Å²) in [5, 5.41) is 15.0. The molecule has 1 saturated heterocycles. The number of nitro benzene ring substituents is 1. The number of rotatable bonds is 7. The van der Waals surface area contributed by atoms with Gasteiger partial charge in [-0.15, -0.1) is 0 Å². The number of sulfonamides is 1. The second-order valence-corrected chi connectivity index (χ2v) is 9.36. The lowest BCUT2D eigenvalue weighted by Crippen LogP contribution is -2.28. The van der Waals surface area contributed by atoms with E-state index in [1.54, 1.807) is 0 Å². The second-order valence-electron chi connectivity index (χ2n) is 7.42. The number of hydrogen-bond acceptors (Lipinski definition) is 5. The highest BCUT2D eigenvalue weighted by atomic mass is 32.2. The standard InChI is InChI=1S/C20H23N3O4S/c24-23(25)19-14-17(28(26,27)22-12-4-5-13-22)10-11-18(19)21-20(16-8-9-16)15-6-2-1-3-7-15/h1-3,6-7,10-11,14,16,20-21H,4-5,8-9,12-13H2. The maximum absolute atomic E-state index is 12.8. The minimum Gasteiger partial charge on any atom is -0.372 e. The van der Waals surface area contributed by atoms with Crippen LogP contribution in [0.1, 0.15) is 37.3 Å². The Hall–Kier alpha value is -2.45. The molecule has 0 radical (unpaired) electrons. The van der Waals surface area contributed by atoms with Gasteiger partial charge in [0.05, 0.1) is 15.9 Å². The molecular weight excluding hydrogens is 378 g/mol. The highest BCUT2D eigenvalue weighted by molar-refractivity contribution is 7.89. The van der Waals surface area contributed by atoms with Crippen molar-refractivity contribution in [3.8, 4) is 0 Å². The van der Waals surface area contributed by atoms with E-state index in [0.29, 0.717) is 24.7 Å². The van der Waals surface area contributed by atoms with Crippen LogP contribution in [0.3, 0.4) is 0 Å². The summed E-state index contributed by atoms with van der Waals surface area (Å²) in [4.78, 5) is 11.2. The molecule has 2 aromatic rings. The van der Waals surface area contributed by atoms with Crippen molar-refractivity contribution in [2.75, 3.05) is 18.4 Å². The first-order valence-electron chi connectivity index (χ1n) is 9.57. The molecule has 1 heterocycles. The molecule has 0 aromatic heterocycles. The molecule has 1 atom stereocenters. The molecule has 7 nitrogen and oxygen atoms in total. The first-order valence-corrected chi connectivity index (χ1v) is 11.0. The molecule has 28 heavy (non-hydrogen) atoms. The van der Waals surface area contributed by atoms with Crippen LogP contribution >= 0.6 is 0 Å². The van der Waals surface area contributed by atoms with Crippen LogP contribution in [0.5, 0.6) is 0 Å². The van der Waals surface area contributed by atoms with Crippen LogP contribution < -0.4 is 5.32 Å². The lowest BCUT2D eigenvalue weighted by Gasteiger charge is -2.21. The minimum atomic E-state index is -3.69. The van der Waals surface area contributed by atoms with E-state index in [0.717, 1.165) is 31.2 Å². The maximum atomic E-state index is 12.8. The van der Waals surface area contributed by atoms with Crippen LogP contribution in [0.2, 0.25) is 0 Å². The van der Waals surface area contributed by atoms with E-state index in [1.807, 2.05) is 30.3 Å². The quantitative estimate of drug-likeness (QED) is 0.560. The molecule has 1 unspecified atom stereocenters. The van der Waals surface area contributed by atoms with Crippen molar-refractivity contribution >= 4 is 21.4 Å². The third-order valence-corrected chi connectivity index (χ3v) is 7.33. The molecule has 1 saturated carbocycles. The molecular formula is C20H23N3O4S. The zero-order chi connectivity index (χ0) is 19.7. The number of benzene rings is 2. The van der Waals surface area contributed by atoms with Crippen molar-refractivity contribution in [1.29, 1.82) is 0 Å². The Labute approximate surface area is 164 Å². The van der Waals surface area contributed by atoms with Gasteiger partial charge in [0.2, 0.25) is 10.0 Å². The number of anilines is 1. The zero-order valence-corrected chi connectivity index (χ0v) is 16.3. The Kier molecular flexibility index (Phi) is 5.07. The van der Waals surface area contributed by atoms with Gasteiger partial charge in [0.25, 0.3) is 5.69 Å². The van der Waals surface area contributed by atoms with Crippen molar-refractivity contribution in [2.24, 2.45) is 5.92 Å². The van der Waals surface area contributed by atoms with Crippen LogP contribution in [0.25, 0.3) is 0 Å². The second kappa shape index (κ2) is 7.52. The van der Waals surface area contributed by atoms with Gasteiger partial charge in [0.15, 0.2) is 0 Å². The predicted molar refractivity (Wildman–Crippen MR) is 107 cm³/mol. The largest absolute Gasteiger partial charge is 0.372 e. The van der Waals surface area contributed by atoms with E-state index in [4.69, 9.17) is 0 Å². The van der Waals surface area contributed by atoms with Crippen molar-refractivity contribution in [2.45, 2.75) is 36.6 Å². The van der Waals surface area contributed by atoms with Crippen LogP contribution in [-0.2, 0) is 10.0 Å². The van der Waals surface area contributed by atoms with Crippen molar-refractivity contribution in [1.82, 2.24) is 4.31 Å². The smallest absolute Gasteiger partial charge is 0.293 e. The van der Waals surface area contributed by atoms with E-state index in [2.05, 4.69) is 5.32 Å². The summed E-state index contributed by atoms with van der Waals surface area (Å²) in [6.07, 6.45) is 3.78. The molecule has 0 amide bonds. The fraction of sp³-hybridized carbons (Fsp3) is 0.400. The molecule has 148 valence electrons. The Morgan fingerprint density at radius 3 is 2.36 bits per heavy atom. The number of hydrogen-bond donors (Lipinski definition) is 1. The zero-order valence-electron chi connectivity index (χ0n) is 15.5. The predicted octanol–water partition coefficient (Wildman–Crippen LogP) is 3.94. The summed E-state index contributed by atoms with van der Waals surface area (Å²) >= 11 is 0. The molecule has 1 N–H and O–H groups in total. The fourth-order valence-corrected chi connectivity index (χ4v) is 5.29. The molecule has 2 fully saturated rings. The van der Waals surface area contributed by atoms with Gasteiger partial charge in [-0.1, -0.05) is 30.3 Å². The third kappa shape index (κ3) is 3.74. The molecule has 4 rings (SSSR count). The molecule has 0 bridgehead atoms. The maximum Gasteiger partial charge on any atom is 0.293 e. The third-order valence-electron chi connectivity index (χ3n) is 5.43. The number of nitrogens with one attached hydrogen (secondary N) is 1. The normalized spacial score (nSPS) is 18.7. The van der Waals surface area contributed by atoms with Gasteiger partial charge >= 0.3 is 0 Å². The van der Waals surface area contributed by atoms with E-state index in [9.17, 15) is 18.5 Å². The summed E-state index contributed by atoms with van der Waals surface area (Å²) in [5.74, 6) is 0.426. The topological polar surface area (TPSA) is 92.5 Å². The van der Waals surface area contributed by atoms with Crippen LogP contribution in [-0.4, -0.2) is 30.7 Å². The van der Waals surface area contributed by atoms with Crippen molar-refractivity contribution < 1.29 is 13.3 Å². The first kappa shape index (κ1) is 18.9. The van der Waals surface area contributed by atoms with Crippen LogP contribution in [0.15, 0.2) is 53.4 Å². The summed E-state index contributed by atoms with van der Waals surface area (Å²) in [6, 6.07) is 14.0. The first-order chi connectivity index (χ1) is 13.5. The van der Waals surface area contributed by atoms with Gasteiger partial charge in [-0.3, -0.25) is 10.1 Å². The van der Waals surface area contributed by atoms with Gasteiger partial charge in [-0.05, 0) is 49.3 Å². The monoisotopic (exact) mass is 401 g/mol. The lowest BCUT2D eigenvalue weighted by atomic mass is 10.0. The molecule has 0 spiro atoms. The Morgan fingerprint density at radius 1 is 1.07 bits per heavy atom. The Balaban J connectivity index is 1.66. The van der Waals surface area contributed by atoms with Crippen molar-refractivity contribution in [3.05, 3.63) is 64.2 Å². The van der Waals surface area contributed by atoms with Gasteiger partial charge in [0.1, 0.15) is 5.69 Å². The lowest BCUT2D eigenvalue weighted by molar-refractivity contribution is -0.384. The van der Waals surface area contributed by atoms with Gasteiger partial charge < -0.3 is 5.32 Å². The van der Waals surface area contributed by atoms with Gasteiger partial charge in [0, 0.05) is 19.2 Å². The SMILES string of the molecule is O=[N+]([O-])c1cc(S(=O)(=O)N2CCCC2)ccc1NC(c1ccccc1)C1CC1. The fourth-order valence-electron chi connectivity index (χ4n) is 3.75. The number of nitro groups is 1.